The Bertz CT molecular complexity index is 1620. The van der Waals surface area contributed by atoms with Gasteiger partial charge in [0.25, 0.3) is 11.5 Å². The minimum absolute atomic E-state index is 0.211. The summed E-state index contributed by atoms with van der Waals surface area (Å²) in [5.41, 5.74) is 6.60. The molecule has 2 aromatic heterocycles. The average molecular weight is 473 g/mol. The van der Waals surface area contributed by atoms with Crippen LogP contribution < -0.4 is 16.0 Å². The number of carbonyl (C=O) groups excluding carboxylic acids is 1. The first-order valence-corrected chi connectivity index (χ1v) is 10.6. The quantitative estimate of drug-likeness (QED) is 0.372. The van der Waals surface area contributed by atoms with Crippen LogP contribution in [0, 0.1) is 0 Å². The first kappa shape index (κ1) is 21.4. The van der Waals surface area contributed by atoms with Gasteiger partial charge in [0.1, 0.15) is 11.3 Å². The van der Waals surface area contributed by atoms with Crippen LogP contribution >= 0.6 is 11.6 Å². The zero-order valence-electron chi connectivity index (χ0n) is 17.6. The number of primary amides is 1. The minimum Gasteiger partial charge on any atom is -0.484 e. The second-order valence-electron chi connectivity index (χ2n) is 7.43. The molecule has 2 heterocycles. The molecule has 0 unspecified atom stereocenters. The third-order valence-corrected chi connectivity index (χ3v) is 5.27. The van der Waals surface area contributed by atoms with Gasteiger partial charge in [-0.15, -0.1) is 0 Å². The van der Waals surface area contributed by atoms with Crippen LogP contribution in [-0.2, 0) is 4.79 Å². The second-order valence-corrected chi connectivity index (χ2v) is 7.87. The van der Waals surface area contributed by atoms with E-state index >= 15 is 0 Å². The first-order chi connectivity index (χ1) is 16.5. The molecule has 0 saturated carbocycles. The van der Waals surface area contributed by atoms with Crippen molar-refractivity contribution in [2.45, 2.75) is 0 Å². The van der Waals surface area contributed by atoms with Gasteiger partial charge in [0, 0.05) is 10.4 Å². The summed E-state index contributed by atoms with van der Waals surface area (Å²) in [5, 5.41) is 6.20. The number of furan rings is 1. The number of aromatic nitrogens is 2. The number of ether oxygens (including phenoxy) is 1. The highest BCUT2D eigenvalue weighted by molar-refractivity contribution is 6.31. The fourth-order valence-corrected chi connectivity index (χ4v) is 3.62. The van der Waals surface area contributed by atoms with Crippen LogP contribution in [0.5, 0.6) is 5.75 Å². The molecule has 0 atom stereocenters. The largest absolute Gasteiger partial charge is 0.484 e. The molecular weight excluding hydrogens is 456 g/mol. The SMILES string of the molecule is NC(=O)COc1ccc(C=Nn2c(-c3cc4cc(Cl)ccc4o3)nc3ccccc3c2=O)cc1. The van der Waals surface area contributed by atoms with E-state index in [0.717, 1.165) is 5.39 Å². The van der Waals surface area contributed by atoms with E-state index in [0.29, 0.717) is 38.6 Å². The Morgan fingerprint density at radius 1 is 1.12 bits per heavy atom. The maximum atomic E-state index is 13.3. The predicted molar refractivity (Wildman–Crippen MR) is 130 cm³/mol. The summed E-state index contributed by atoms with van der Waals surface area (Å²) in [5.74, 6) is 0.567. The van der Waals surface area contributed by atoms with E-state index in [1.54, 1.807) is 66.7 Å². The van der Waals surface area contributed by atoms with Crippen molar-refractivity contribution in [3.05, 3.63) is 93.7 Å². The fraction of sp³-hybridized carbons (Fsp3) is 0.0400. The molecule has 34 heavy (non-hydrogen) atoms. The van der Waals surface area contributed by atoms with Crippen molar-refractivity contribution in [2.75, 3.05) is 6.61 Å². The zero-order valence-corrected chi connectivity index (χ0v) is 18.4. The Balaban J connectivity index is 1.58. The highest BCUT2D eigenvalue weighted by atomic mass is 35.5. The summed E-state index contributed by atoms with van der Waals surface area (Å²) >= 11 is 6.10. The number of benzene rings is 3. The Labute approximate surface area is 197 Å². The van der Waals surface area contributed by atoms with Crippen molar-refractivity contribution >= 4 is 45.6 Å². The molecule has 3 aromatic carbocycles. The molecule has 0 fully saturated rings. The summed E-state index contributed by atoms with van der Waals surface area (Å²) < 4.78 is 12.4. The van der Waals surface area contributed by atoms with Crippen molar-refractivity contribution < 1.29 is 13.9 Å². The normalized spacial score (nSPS) is 11.4. The van der Waals surface area contributed by atoms with Crippen molar-refractivity contribution in [3.8, 4) is 17.3 Å². The lowest BCUT2D eigenvalue weighted by atomic mass is 10.2. The van der Waals surface area contributed by atoms with Crippen molar-refractivity contribution in [2.24, 2.45) is 10.8 Å². The zero-order chi connectivity index (χ0) is 23.7. The number of hydrogen-bond acceptors (Lipinski definition) is 6. The van der Waals surface area contributed by atoms with Gasteiger partial charge in [0.2, 0.25) is 5.82 Å². The number of carbonyl (C=O) groups is 1. The third kappa shape index (κ3) is 4.26. The van der Waals surface area contributed by atoms with Crippen LogP contribution in [0.4, 0.5) is 0 Å². The van der Waals surface area contributed by atoms with Crippen LogP contribution in [0.25, 0.3) is 33.5 Å². The number of hydrogen-bond donors (Lipinski definition) is 1. The standard InChI is InChI=1S/C25H17ClN4O4/c26-17-7-10-21-16(11-17)12-22(34-21)24-29-20-4-2-1-3-19(20)25(32)30(24)28-13-15-5-8-18(9-6-15)33-14-23(27)31/h1-13H,14H2,(H2,27,31). The van der Waals surface area contributed by atoms with Crippen LogP contribution in [0.15, 0.2) is 87.1 Å². The fourth-order valence-electron chi connectivity index (χ4n) is 3.44. The molecule has 168 valence electrons. The number of nitrogens with two attached hydrogens (primary N) is 1. The second kappa shape index (κ2) is 8.84. The molecule has 9 heteroatoms. The molecule has 0 spiro atoms. The monoisotopic (exact) mass is 472 g/mol. The molecule has 0 aliphatic heterocycles. The molecule has 0 radical (unpaired) electrons. The Kier molecular flexibility index (Phi) is 5.57. The number of halogens is 1. The first-order valence-electron chi connectivity index (χ1n) is 10.2. The van der Waals surface area contributed by atoms with Crippen LogP contribution in [0.2, 0.25) is 5.02 Å². The van der Waals surface area contributed by atoms with Gasteiger partial charge >= 0.3 is 0 Å². The molecule has 1 amide bonds. The summed E-state index contributed by atoms with van der Waals surface area (Å²) in [7, 11) is 0. The average Bonchev–Trinajstić information content (AvgIpc) is 3.26. The Hall–Kier alpha value is -4.43. The Morgan fingerprint density at radius 2 is 1.91 bits per heavy atom. The van der Waals surface area contributed by atoms with Gasteiger partial charge in [0.15, 0.2) is 12.4 Å². The van der Waals surface area contributed by atoms with Gasteiger partial charge in [0.05, 0.1) is 17.1 Å². The molecule has 5 aromatic rings. The van der Waals surface area contributed by atoms with E-state index in [2.05, 4.69) is 10.1 Å². The maximum absolute atomic E-state index is 13.3. The predicted octanol–water partition coefficient (Wildman–Crippen LogP) is 4.21. The lowest BCUT2D eigenvalue weighted by Crippen LogP contribution is -2.20. The topological polar surface area (TPSA) is 113 Å². The van der Waals surface area contributed by atoms with E-state index in [-0.39, 0.29) is 18.0 Å². The number of nitrogens with zero attached hydrogens (tertiary/aromatic N) is 3. The number of fused-ring (bicyclic) bond motifs is 2. The van der Waals surface area contributed by atoms with Gasteiger partial charge in [-0.2, -0.15) is 9.78 Å². The lowest BCUT2D eigenvalue weighted by Gasteiger charge is -2.07. The van der Waals surface area contributed by atoms with Crippen molar-refractivity contribution in [1.29, 1.82) is 0 Å². The van der Waals surface area contributed by atoms with E-state index in [9.17, 15) is 9.59 Å². The third-order valence-electron chi connectivity index (χ3n) is 5.04. The van der Waals surface area contributed by atoms with E-state index in [4.69, 9.17) is 26.5 Å². The summed E-state index contributed by atoms with van der Waals surface area (Å²) in [6, 6.07) is 20.9. The summed E-state index contributed by atoms with van der Waals surface area (Å²) in [6.07, 6.45) is 1.53. The van der Waals surface area contributed by atoms with E-state index in [1.807, 2.05) is 6.07 Å². The molecule has 0 aliphatic rings. The van der Waals surface area contributed by atoms with Gasteiger partial charge in [-0.3, -0.25) is 9.59 Å². The van der Waals surface area contributed by atoms with Crippen LogP contribution in [-0.4, -0.2) is 28.4 Å². The van der Waals surface area contributed by atoms with Crippen LogP contribution in [0.1, 0.15) is 5.56 Å². The smallest absolute Gasteiger partial charge is 0.282 e. The Morgan fingerprint density at radius 3 is 2.71 bits per heavy atom. The molecule has 8 nitrogen and oxygen atoms in total. The molecule has 0 bridgehead atoms. The van der Waals surface area contributed by atoms with E-state index in [1.165, 1.54) is 10.9 Å². The van der Waals surface area contributed by atoms with Gasteiger partial charge < -0.3 is 14.9 Å². The van der Waals surface area contributed by atoms with Crippen molar-refractivity contribution in [1.82, 2.24) is 9.66 Å². The molecular formula is C25H17ClN4O4. The summed E-state index contributed by atoms with van der Waals surface area (Å²) in [6.45, 7) is -0.211. The van der Waals surface area contributed by atoms with Gasteiger partial charge in [-0.1, -0.05) is 23.7 Å². The van der Waals surface area contributed by atoms with E-state index < -0.39 is 5.91 Å². The lowest BCUT2D eigenvalue weighted by molar-refractivity contribution is -0.119. The minimum atomic E-state index is -0.561. The van der Waals surface area contributed by atoms with Gasteiger partial charge in [-0.25, -0.2) is 4.98 Å². The maximum Gasteiger partial charge on any atom is 0.282 e. The van der Waals surface area contributed by atoms with Crippen molar-refractivity contribution in [3.63, 3.8) is 0 Å². The molecule has 0 saturated heterocycles. The highest BCUT2D eigenvalue weighted by Crippen LogP contribution is 2.29. The number of para-hydroxylation sites is 1. The number of amides is 1. The molecule has 2 N–H and O–H groups in total. The summed E-state index contributed by atoms with van der Waals surface area (Å²) in [4.78, 5) is 28.8. The highest BCUT2D eigenvalue weighted by Gasteiger charge is 2.16. The van der Waals surface area contributed by atoms with Crippen LogP contribution in [0.3, 0.4) is 0 Å². The molecule has 5 rings (SSSR count). The molecule has 0 aliphatic carbocycles. The van der Waals surface area contributed by atoms with Gasteiger partial charge in [-0.05, 0) is 66.2 Å². The number of rotatable bonds is 6.